The minimum atomic E-state index is -0.279. The normalized spacial score (nSPS) is 16.5. The molecule has 3 N–H and O–H groups in total. The molecule has 2 heterocycles. The fourth-order valence-corrected chi connectivity index (χ4v) is 3.40. The van der Waals surface area contributed by atoms with Crippen molar-refractivity contribution in [1.82, 2.24) is 15.0 Å². The van der Waals surface area contributed by atoms with Crippen LogP contribution in [0.25, 0.3) is 11.4 Å². The molecule has 1 saturated heterocycles. The first-order valence-electron chi connectivity index (χ1n) is 9.94. The lowest BCUT2D eigenvalue weighted by atomic mass is 10.1. The lowest BCUT2D eigenvalue weighted by Crippen LogP contribution is -2.34. The van der Waals surface area contributed by atoms with E-state index in [4.69, 9.17) is 20.5 Å². The molecule has 8 nitrogen and oxygen atoms in total. The van der Waals surface area contributed by atoms with Crippen molar-refractivity contribution in [3.05, 3.63) is 71.4 Å². The summed E-state index contributed by atoms with van der Waals surface area (Å²) in [7, 11) is 0. The summed E-state index contributed by atoms with van der Waals surface area (Å²) in [4.78, 5) is 11.7. The van der Waals surface area contributed by atoms with Gasteiger partial charge in [-0.1, -0.05) is 46.7 Å². The number of halogens is 1. The smallest absolute Gasteiger partial charge is 0.231 e. The van der Waals surface area contributed by atoms with Crippen LogP contribution < -0.4 is 5.73 Å². The maximum Gasteiger partial charge on any atom is 0.231 e. The summed E-state index contributed by atoms with van der Waals surface area (Å²) in [5.41, 5.74) is 8.85. The Morgan fingerprint density at radius 3 is 2.68 bits per heavy atom. The Morgan fingerprint density at radius 1 is 1.26 bits per heavy atom. The number of guanidine groups is 1. The molecule has 1 atom stereocenters. The van der Waals surface area contributed by atoms with Gasteiger partial charge in [-0.25, -0.2) is 4.39 Å². The zero-order chi connectivity index (χ0) is 21.8. The van der Waals surface area contributed by atoms with E-state index in [9.17, 15) is 4.39 Å². The van der Waals surface area contributed by atoms with Crippen molar-refractivity contribution in [3.63, 3.8) is 0 Å². The largest absolute Gasteiger partial charge is 0.391 e. The van der Waals surface area contributed by atoms with Crippen LogP contribution >= 0.6 is 0 Å². The quantitative estimate of drug-likeness (QED) is 0.357. The lowest BCUT2D eigenvalue weighted by molar-refractivity contribution is 0.130. The fraction of sp³-hybridized carbons (Fsp3) is 0.273. The van der Waals surface area contributed by atoms with Gasteiger partial charge in [0.25, 0.3) is 0 Å². The van der Waals surface area contributed by atoms with E-state index in [0.717, 1.165) is 28.8 Å². The molecule has 0 aliphatic carbocycles. The van der Waals surface area contributed by atoms with Crippen LogP contribution in [0.15, 0.2) is 58.2 Å². The van der Waals surface area contributed by atoms with Crippen LogP contribution in [0.5, 0.6) is 0 Å². The van der Waals surface area contributed by atoms with E-state index in [1.165, 1.54) is 12.1 Å². The number of likely N-dealkylation sites (tertiary alicyclic amines) is 1. The Balaban J connectivity index is 1.37. The molecule has 1 fully saturated rings. The number of rotatable bonds is 6. The molecule has 31 heavy (non-hydrogen) atoms. The number of nitrogens with zero attached hydrogens (tertiary/aromatic N) is 4. The SMILES string of the molecule is C/C(=N\OCc1ccc(F)cc1)c1ccc(-c2noc([C@@H]3CCN(C(=N)N)C3)n2)cc1. The first kappa shape index (κ1) is 20.5. The van der Waals surface area contributed by atoms with Gasteiger partial charge in [0.05, 0.1) is 11.6 Å². The van der Waals surface area contributed by atoms with Crippen LogP contribution in [0.3, 0.4) is 0 Å². The number of nitrogens with two attached hydrogens (primary N) is 1. The summed E-state index contributed by atoms with van der Waals surface area (Å²) < 4.78 is 18.4. The first-order chi connectivity index (χ1) is 15.0. The molecule has 160 valence electrons. The van der Waals surface area contributed by atoms with Crippen molar-refractivity contribution in [3.8, 4) is 11.4 Å². The number of nitrogens with one attached hydrogen (secondary N) is 1. The molecule has 1 aliphatic rings. The molecule has 4 rings (SSSR count). The predicted molar refractivity (Wildman–Crippen MR) is 114 cm³/mol. The third kappa shape index (κ3) is 4.88. The van der Waals surface area contributed by atoms with Crippen LogP contribution in [0.1, 0.15) is 36.3 Å². The monoisotopic (exact) mass is 422 g/mol. The van der Waals surface area contributed by atoms with Crippen molar-refractivity contribution >= 4 is 11.7 Å². The van der Waals surface area contributed by atoms with E-state index >= 15 is 0 Å². The van der Waals surface area contributed by atoms with Gasteiger partial charge >= 0.3 is 0 Å². The van der Waals surface area contributed by atoms with Crippen LogP contribution in [-0.4, -0.2) is 39.8 Å². The fourth-order valence-electron chi connectivity index (χ4n) is 3.40. The highest BCUT2D eigenvalue weighted by Gasteiger charge is 2.29. The third-order valence-electron chi connectivity index (χ3n) is 5.23. The zero-order valence-electron chi connectivity index (χ0n) is 17.1. The Kier molecular flexibility index (Phi) is 5.92. The van der Waals surface area contributed by atoms with Crippen LogP contribution in [-0.2, 0) is 11.4 Å². The molecule has 0 radical (unpaired) electrons. The van der Waals surface area contributed by atoms with Gasteiger partial charge in [0.2, 0.25) is 11.7 Å². The predicted octanol–water partition coefficient (Wildman–Crippen LogP) is 3.50. The van der Waals surface area contributed by atoms with Gasteiger partial charge in [0.15, 0.2) is 5.96 Å². The molecule has 9 heteroatoms. The van der Waals surface area contributed by atoms with Gasteiger partial charge in [-0.3, -0.25) is 5.41 Å². The van der Waals surface area contributed by atoms with Crippen molar-refractivity contribution in [1.29, 1.82) is 5.41 Å². The van der Waals surface area contributed by atoms with Crippen molar-refractivity contribution in [2.45, 2.75) is 25.9 Å². The van der Waals surface area contributed by atoms with Gasteiger partial charge in [-0.2, -0.15) is 4.98 Å². The minimum absolute atomic E-state index is 0.0662. The summed E-state index contributed by atoms with van der Waals surface area (Å²) >= 11 is 0. The summed E-state index contributed by atoms with van der Waals surface area (Å²) in [5, 5.41) is 15.8. The number of oxime groups is 1. The molecule has 1 aliphatic heterocycles. The van der Waals surface area contributed by atoms with Gasteiger partial charge < -0.3 is 20.0 Å². The van der Waals surface area contributed by atoms with E-state index < -0.39 is 0 Å². The number of hydrogen-bond donors (Lipinski definition) is 2. The average Bonchev–Trinajstić information content (AvgIpc) is 3.45. The Morgan fingerprint density at radius 2 is 2.00 bits per heavy atom. The van der Waals surface area contributed by atoms with Crippen LogP contribution in [0, 0.1) is 11.2 Å². The Hall–Kier alpha value is -3.75. The molecule has 1 aromatic heterocycles. The maximum absolute atomic E-state index is 12.9. The number of aromatic nitrogens is 2. The molecule has 0 unspecified atom stereocenters. The Labute approximate surface area is 179 Å². The second-order valence-corrected chi connectivity index (χ2v) is 7.43. The topological polar surface area (TPSA) is 114 Å². The lowest BCUT2D eigenvalue weighted by Gasteiger charge is -2.14. The van der Waals surface area contributed by atoms with E-state index in [2.05, 4.69) is 15.3 Å². The minimum Gasteiger partial charge on any atom is -0.391 e. The summed E-state index contributed by atoms with van der Waals surface area (Å²) in [5.74, 6) is 0.951. The van der Waals surface area contributed by atoms with Crippen LogP contribution in [0.4, 0.5) is 4.39 Å². The molecular formula is C22H23FN6O2. The second kappa shape index (κ2) is 8.95. The van der Waals surface area contributed by atoms with E-state index in [-0.39, 0.29) is 24.3 Å². The van der Waals surface area contributed by atoms with Gasteiger partial charge in [0.1, 0.15) is 12.4 Å². The van der Waals surface area contributed by atoms with Gasteiger partial charge in [-0.15, -0.1) is 0 Å². The average molecular weight is 422 g/mol. The van der Waals surface area contributed by atoms with Gasteiger partial charge in [0, 0.05) is 18.7 Å². The third-order valence-corrected chi connectivity index (χ3v) is 5.23. The highest BCUT2D eigenvalue weighted by Crippen LogP contribution is 2.27. The second-order valence-electron chi connectivity index (χ2n) is 7.43. The molecule has 3 aromatic rings. The van der Waals surface area contributed by atoms with Crippen LogP contribution in [0.2, 0.25) is 0 Å². The maximum atomic E-state index is 12.9. The van der Waals surface area contributed by atoms with E-state index in [0.29, 0.717) is 24.8 Å². The first-order valence-corrected chi connectivity index (χ1v) is 9.94. The molecule has 0 saturated carbocycles. The molecule has 0 spiro atoms. The molecule has 2 aromatic carbocycles. The summed E-state index contributed by atoms with van der Waals surface area (Å²) in [6.07, 6.45) is 0.827. The van der Waals surface area contributed by atoms with Crippen molar-refractivity contribution in [2.24, 2.45) is 10.9 Å². The van der Waals surface area contributed by atoms with Gasteiger partial charge in [-0.05, 0) is 36.6 Å². The van der Waals surface area contributed by atoms with E-state index in [1.54, 1.807) is 17.0 Å². The summed E-state index contributed by atoms with van der Waals surface area (Å²) in [6.45, 7) is 3.45. The molecular weight excluding hydrogens is 399 g/mol. The van der Waals surface area contributed by atoms with E-state index in [1.807, 2.05) is 31.2 Å². The number of hydrogen-bond acceptors (Lipinski definition) is 6. The highest BCUT2D eigenvalue weighted by atomic mass is 19.1. The van der Waals surface area contributed by atoms with Crippen molar-refractivity contribution in [2.75, 3.05) is 13.1 Å². The zero-order valence-corrected chi connectivity index (χ0v) is 17.1. The molecule has 0 bridgehead atoms. The standard InChI is InChI=1S/C22H23FN6O2/c1-14(27-30-13-15-2-8-19(23)9-3-15)16-4-6-17(7-5-16)20-26-21(31-28-20)18-10-11-29(12-18)22(24)25/h2-9,18H,10-13H2,1H3,(H3,24,25)/b27-14+/t18-/m1/s1. The summed E-state index contributed by atoms with van der Waals surface area (Å²) in [6, 6.07) is 13.7. The Bertz CT molecular complexity index is 1080. The highest BCUT2D eigenvalue weighted by molar-refractivity contribution is 5.98. The number of benzene rings is 2. The van der Waals surface area contributed by atoms with Crippen molar-refractivity contribution < 1.29 is 13.8 Å². The molecule has 0 amide bonds.